The third-order valence-electron chi connectivity index (χ3n) is 2.30. The molecule has 0 heterocycles. The van der Waals surface area contributed by atoms with Gasteiger partial charge in [0.25, 0.3) is 5.69 Å². The van der Waals surface area contributed by atoms with Crippen LogP contribution in [0.3, 0.4) is 0 Å². The van der Waals surface area contributed by atoms with Gasteiger partial charge in [0, 0.05) is 25.5 Å². The second kappa shape index (κ2) is 5.83. The maximum absolute atomic E-state index is 13.3. The average Bonchev–Trinajstić information content (AvgIpc) is 2.33. The van der Waals surface area contributed by atoms with Gasteiger partial charge in [-0.1, -0.05) is 0 Å². The van der Waals surface area contributed by atoms with Gasteiger partial charge in [-0.15, -0.1) is 0 Å². The first-order valence-corrected chi connectivity index (χ1v) is 7.00. The fourth-order valence-electron chi connectivity index (χ4n) is 1.49. The van der Waals surface area contributed by atoms with Crippen LogP contribution in [0.5, 0.6) is 0 Å². The van der Waals surface area contributed by atoms with Crippen LogP contribution < -0.4 is 5.32 Å². The molecule has 0 fully saturated rings. The number of nitro groups is 1. The van der Waals surface area contributed by atoms with E-state index in [4.69, 9.17) is 0 Å². The summed E-state index contributed by atoms with van der Waals surface area (Å²) in [6.45, 7) is 0. The number of nitrogens with one attached hydrogen (secondary N) is 1. The molecule has 0 radical (unpaired) electrons. The fourth-order valence-corrected chi connectivity index (χ4v) is 2.21. The zero-order chi connectivity index (χ0) is 14.0. The Hall–Kier alpha value is -1.22. The molecule has 0 unspecified atom stereocenters. The van der Waals surface area contributed by atoms with Crippen LogP contribution in [0.15, 0.2) is 40.9 Å². The molecule has 0 saturated heterocycles. The zero-order valence-corrected chi connectivity index (χ0v) is 13.1. The summed E-state index contributed by atoms with van der Waals surface area (Å²) in [6.07, 6.45) is 0. The Morgan fingerprint density at radius 3 is 2.58 bits per heavy atom. The average molecular weight is 437 g/mol. The van der Waals surface area contributed by atoms with Gasteiger partial charge >= 0.3 is 0 Å². The van der Waals surface area contributed by atoms with Crippen molar-refractivity contribution in [1.29, 1.82) is 0 Å². The number of nitrogens with zero attached hydrogens (tertiary/aromatic N) is 1. The highest BCUT2D eigenvalue weighted by Crippen LogP contribution is 2.27. The minimum atomic E-state index is -0.652. The maximum atomic E-state index is 13.3. The van der Waals surface area contributed by atoms with Gasteiger partial charge in [0.05, 0.1) is 11.0 Å². The summed E-state index contributed by atoms with van der Waals surface area (Å²) in [6, 6.07) is 8.88. The third-order valence-corrected chi connectivity index (χ3v) is 4.64. The maximum Gasteiger partial charge on any atom is 0.274 e. The summed E-state index contributed by atoms with van der Waals surface area (Å²) >= 11 is 5.55. The number of hydrogen-bond donors (Lipinski definition) is 1. The lowest BCUT2D eigenvalue weighted by Gasteiger charge is -2.07. The Morgan fingerprint density at radius 2 is 1.95 bits per heavy atom. The van der Waals surface area contributed by atoms with Gasteiger partial charge in [-0.05, 0) is 62.8 Å². The molecule has 0 amide bonds. The van der Waals surface area contributed by atoms with Crippen LogP contribution >= 0.6 is 38.5 Å². The number of non-ortho nitro benzene ring substituents is 1. The summed E-state index contributed by atoms with van der Waals surface area (Å²) < 4.78 is 15.2. The highest BCUT2D eigenvalue weighted by molar-refractivity contribution is 14.1. The second-order valence-electron chi connectivity index (χ2n) is 3.71. The van der Waals surface area contributed by atoms with Gasteiger partial charge in [0.1, 0.15) is 5.82 Å². The number of anilines is 2. The molecule has 0 aliphatic carbocycles. The lowest BCUT2D eigenvalue weighted by atomic mass is 10.2. The predicted molar refractivity (Wildman–Crippen MR) is 83.2 cm³/mol. The molecular formula is C12H7BrFIN2O2. The van der Waals surface area contributed by atoms with E-state index in [1.807, 2.05) is 18.2 Å². The Bertz CT molecular complexity index is 652. The van der Waals surface area contributed by atoms with Crippen LogP contribution in [0, 0.1) is 19.5 Å². The van der Waals surface area contributed by atoms with Crippen LogP contribution in [-0.4, -0.2) is 4.92 Å². The molecule has 0 spiro atoms. The summed E-state index contributed by atoms with van der Waals surface area (Å²) in [5, 5.41) is 13.6. The van der Waals surface area contributed by atoms with Gasteiger partial charge in [0.2, 0.25) is 0 Å². The zero-order valence-electron chi connectivity index (χ0n) is 9.36. The largest absolute Gasteiger partial charge is 0.355 e. The van der Waals surface area contributed by atoms with Crippen LogP contribution in [0.1, 0.15) is 0 Å². The molecule has 0 aromatic heterocycles. The summed E-state index contributed by atoms with van der Waals surface area (Å²) in [5.74, 6) is -0.652. The molecular weight excluding hydrogens is 430 g/mol. The lowest BCUT2D eigenvalue weighted by molar-refractivity contribution is -0.385. The Balaban J connectivity index is 2.32. The van der Waals surface area contributed by atoms with Crippen LogP contribution in [-0.2, 0) is 0 Å². The van der Waals surface area contributed by atoms with Crippen molar-refractivity contribution in [2.24, 2.45) is 0 Å². The molecule has 0 aliphatic heterocycles. The number of hydrogen-bond acceptors (Lipinski definition) is 3. The molecule has 0 atom stereocenters. The smallest absolute Gasteiger partial charge is 0.274 e. The number of benzene rings is 2. The minimum absolute atomic E-state index is 0.285. The van der Waals surface area contributed by atoms with Crippen molar-refractivity contribution in [2.75, 3.05) is 5.32 Å². The van der Waals surface area contributed by atoms with Crippen LogP contribution in [0.25, 0.3) is 0 Å². The van der Waals surface area contributed by atoms with Crippen molar-refractivity contribution < 1.29 is 9.31 Å². The van der Waals surface area contributed by atoms with Crippen molar-refractivity contribution in [3.8, 4) is 0 Å². The van der Waals surface area contributed by atoms with E-state index in [1.54, 1.807) is 0 Å². The Labute approximate surface area is 130 Å². The van der Waals surface area contributed by atoms with E-state index in [-0.39, 0.29) is 5.69 Å². The van der Waals surface area contributed by atoms with Crippen LogP contribution in [0.4, 0.5) is 21.5 Å². The van der Waals surface area contributed by atoms with E-state index in [0.717, 1.165) is 14.1 Å². The molecule has 1 N–H and O–H groups in total. The predicted octanol–water partition coefficient (Wildman–Crippen LogP) is 4.84. The van der Waals surface area contributed by atoms with Gasteiger partial charge in [-0.2, -0.15) is 0 Å². The Kier molecular flexibility index (Phi) is 4.35. The van der Waals surface area contributed by atoms with E-state index in [9.17, 15) is 14.5 Å². The van der Waals surface area contributed by atoms with E-state index in [2.05, 4.69) is 43.8 Å². The SMILES string of the molecule is O=[N+]([O-])c1cc(F)cc(Nc2ccc(I)c(Br)c2)c1. The molecule has 0 aliphatic rings. The standard InChI is InChI=1S/C12H7BrFIN2O2/c13-11-6-8(1-2-12(11)15)16-9-3-7(14)4-10(5-9)17(18)19/h1-6,16H. The van der Waals surface area contributed by atoms with E-state index in [1.165, 1.54) is 12.1 Å². The van der Waals surface area contributed by atoms with Crippen molar-refractivity contribution >= 4 is 55.6 Å². The number of nitro benzene ring substituents is 1. The van der Waals surface area contributed by atoms with Crippen molar-refractivity contribution in [3.63, 3.8) is 0 Å². The minimum Gasteiger partial charge on any atom is -0.355 e. The molecule has 2 aromatic rings. The van der Waals surface area contributed by atoms with Gasteiger partial charge < -0.3 is 5.32 Å². The molecule has 2 aromatic carbocycles. The first-order chi connectivity index (χ1) is 8.95. The first kappa shape index (κ1) is 14.2. The quantitative estimate of drug-likeness (QED) is 0.425. The summed E-state index contributed by atoms with van der Waals surface area (Å²) in [7, 11) is 0. The molecule has 19 heavy (non-hydrogen) atoms. The molecule has 2 rings (SSSR count). The summed E-state index contributed by atoms with van der Waals surface area (Å²) in [4.78, 5) is 10.0. The topological polar surface area (TPSA) is 55.2 Å². The van der Waals surface area contributed by atoms with Gasteiger partial charge in [-0.25, -0.2) is 4.39 Å². The molecule has 7 heteroatoms. The third kappa shape index (κ3) is 3.63. The molecule has 4 nitrogen and oxygen atoms in total. The van der Waals surface area contributed by atoms with E-state index >= 15 is 0 Å². The fraction of sp³-hybridized carbons (Fsp3) is 0. The molecule has 0 saturated carbocycles. The number of rotatable bonds is 3. The Morgan fingerprint density at radius 1 is 1.21 bits per heavy atom. The van der Waals surface area contributed by atoms with Crippen LogP contribution in [0.2, 0.25) is 0 Å². The normalized spacial score (nSPS) is 10.3. The van der Waals surface area contributed by atoms with E-state index < -0.39 is 10.7 Å². The molecule has 98 valence electrons. The monoisotopic (exact) mass is 436 g/mol. The van der Waals surface area contributed by atoms with Crippen molar-refractivity contribution in [3.05, 3.63) is 60.4 Å². The van der Waals surface area contributed by atoms with Gasteiger partial charge in [-0.3, -0.25) is 10.1 Å². The summed E-state index contributed by atoms with van der Waals surface area (Å²) in [5.41, 5.74) is 0.763. The first-order valence-electron chi connectivity index (χ1n) is 5.13. The van der Waals surface area contributed by atoms with Crippen molar-refractivity contribution in [2.45, 2.75) is 0 Å². The highest BCUT2D eigenvalue weighted by atomic mass is 127. The van der Waals surface area contributed by atoms with Crippen molar-refractivity contribution in [1.82, 2.24) is 0 Å². The second-order valence-corrected chi connectivity index (χ2v) is 5.73. The lowest BCUT2D eigenvalue weighted by Crippen LogP contribution is -1.95. The highest BCUT2D eigenvalue weighted by Gasteiger charge is 2.10. The van der Waals surface area contributed by atoms with Gasteiger partial charge in [0.15, 0.2) is 0 Å². The van der Waals surface area contributed by atoms with E-state index in [0.29, 0.717) is 11.4 Å². The molecule has 0 bridgehead atoms. The number of halogens is 3.